The van der Waals surface area contributed by atoms with E-state index in [2.05, 4.69) is 38.0 Å². The molecule has 0 aromatic carbocycles. The maximum Gasteiger partial charge on any atom is 0.0547 e. The lowest BCUT2D eigenvalue weighted by atomic mass is 9.85. The molecule has 1 N–H and O–H groups in total. The molecular weight excluding hydrogens is 264 g/mol. The van der Waals surface area contributed by atoms with Crippen molar-refractivity contribution in [2.24, 2.45) is 11.3 Å². The lowest BCUT2D eigenvalue weighted by molar-refractivity contribution is 0.0466. The predicted octanol–water partition coefficient (Wildman–Crippen LogP) is 2.14. The minimum atomic E-state index is 0.175. The second-order valence-corrected chi connectivity index (χ2v) is 8.16. The van der Waals surface area contributed by atoms with Crippen molar-refractivity contribution in [1.29, 1.82) is 0 Å². The summed E-state index contributed by atoms with van der Waals surface area (Å²) >= 11 is 0. The Bertz CT molecular complexity index is 302. The molecule has 0 aromatic heterocycles. The third-order valence-electron chi connectivity index (χ3n) is 4.69. The summed E-state index contributed by atoms with van der Waals surface area (Å²) in [5, 5.41) is 3.69. The zero-order chi connectivity index (χ0) is 15.3. The number of ether oxygens (including phenoxy) is 2. The van der Waals surface area contributed by atoms with Crippen molar-refractivity contribution in [1.82, 2.24) is 10.2 Å². The average molecular weight is 298 g/mol. The van der Waals surface area contributed by atoms with Crippen LogP contribution in [0.15, 0.2) is 0 Å². The van der Waals surface area contributed by atoms with Crippen LogP contribution in [0, 0.1) is 11.3 Å². The van der Waals surface area contributed by atoms with Gasteiger partial charge in [0, 0.05) is 50.4 Å². The first-order valence-electron chi connectivity index (χ1n) is 8.48. The van der Waals surface area contributed by atoms with Crippen molar-refractivity contribution in [3.63, 3.8) is 0 Å². The molecule has 1 unspecified atom stereocenters. The standard InChI is InChI=1S/C17H34N2O2/c1-16(2,3)18-12-17(7-10-21-14-17)13-19(4)11-15-5-8-20-9-6-15/h15,18H,5-14H2,1-4H3. The molecule has 124 valence electrons. The van der Waals surface area contributed by atoms with Crippen LogP contribution in [-0.2, 0) is 9.47 Å². The van der Waals surface area contributed by atoms with E-state index in [0.717, 1.165) is 45.4 Å². The molecule has 0 aliphatic carbocycles. The summed E-state index contributed by atoms with van der Waals surface area (Å²) in [7, 11) is 2.27. The Morgan fingerprint density at radius 3 is 2.43 bits per heavy atom. The number of hydrogen-bond acceptors (Lipinski definition) is 4. The maximum absolute atomic E-state index is 5.73. The Labute approximate surface area is 130 Å². The summed E-state index contributed by atoms with van der Waals surface area (Å²) in [6.45, 7) is 13.8. The van der Waals surface area contributed by atoms with Gasteiger partial charge in [-0.3, -0.25) is 0 Å². The molecule has 2 aliphatic rings. The average Bonchev–Trinajstić information content (AvgIpc) is 2.86. The minimum absolute atomic E-state index is 0.175. The van der Waals surface area contributed by atoms with Crippen LogP contribution in [0.1, 0.15) is 40.0 Å². The van der Waals surface area contributed by atoms with Crippen LogP contribution in [0.3, 0.4) is 0 Å². The number of rotatable bonds is 6. The van der Waals surface area contributed by atoms with Crippen LogP contribution in [0.4, 0.5) is 0 Å². The highest BCUT2D eigenvalue weighted by Crippen LogP contribution is 2.30. The van der Waals surface area contributed by atoms with Gasteiger partial charge in [-0.15, -0.1) is 0 Å². The van der Waals surface area contributed by atoms with Gasteiger partial charge in [0.15, 0.2) is 0 Å². The lowest BCUT2D eigenvalue weighted by Gasteiger charge is -2.37. The first kappa shape index (κ1) is 17.2. The molecule has 0 amide bonds. The van der Waals surface area contributed by atoms with E-state index < -0.39 is 0 Å². The first-order chi connectivity index (χ1) is 9.89. The molecule has 1 atom stereocenters. The van der Waals surface area contributed by atoms with Crippen LogP contribution in [0.5, 0.6) is 0 Å². The highest BCUT2D eigenvalue weighted by Gasteiger charge is 2.37. The van der Waals surface area contributed by atoms with Gasteiger partial charge in [0.05, 0.1) is 6.61 Å². The van der Waals surface area contributed by atoms with Gasteiger partial charge < -0.3 is 19.7 Å². The Balaban J connectivity index is 1.83. The summed E-state index contributed by atoms with van der Waals surface area (Å²) in [5.74, 6) is 0.804. The highest BCUT2D eigenvalue weighted by molar-refractivity contribution is 4.90. The molecule has 4 heteroatoms. The minimum Gasteiger partial charge on any atom is -0.381 e. The fourth-order valence-electron chi connectivity index (χ4n) is 3.43. The van der Waals surface area contributed by atoms with Gasteiger partial charge >= 0.3 is 0 Å². The molecule has 2 fully saturated rings. The van der Waals surface area contributed by atoms with Crippen LogP contribution in [0.2, 0.25) is 0 Å². The Kier molecular flexibility index (Phi) is 6.06. The van der Waals surface area contributed by atoms with E-state index >= 15 is 0 Å². The Morgan fingerprint density at radius 1 is 1.14 bits per heavy atom. The molecule has 0 radical (unpaired) electrons. The highest BCUT2D eigenvalue weighted by atomic mass is 16.5. The monoisotopic (exact) mass is 298 g/mol. The van der Waals surface area contributed by atoms with Gasteiger partial charge in [-0.25, -0.2) is 0 Å². The summed E-state index contributed by atoms with van der Waals surface area (Å²) in [6, 6.07) is 0. The summed E-state index contributed by atoms with van der Waals surface area (Å²) in [4.78, 5) is 2.52. The van der Waals surface area contributed by atoms with E-state index in [4.69, 9.17) is 9.47 Å². The molecule has 2 rings (SSSR count). The number of hydrogen-bond donors (Lipinski definition) is 1. The zero-order valence-corrected chi connectivity index (χ0v) is 14.4. The SMILES string of the molecule is CN(CC1CCOCC1)CC1(CNC(C)(C)C)CCOC1. The third-order valence-corrected chi connectivity index (χ3v) is 4.69. The van der Waals surface area contributed by atoms with Gasteiger partial charge in [0.1, 0.15) is 0 Å². The quantitative estimate of drug-likeness (QED) is 0.814. The lowest BCUT2D eigenvalue weighted by Crippen LogP contribution is -2.49. The van der Waals surface area contributed by atoms with Crippen LogP contribution in [0.25, 0.3) is 0 Å². The van der Waals surface area contributed by atoms with E-state index in [9.17, 15) is 0 Å². The summed E-state index contributed by atoms with van der Waals surface area (Å²) < 4.78 is 11.2. The van der Waals surface area contributed by atoms with Gasteiger partial charge in [-0.05, 0) is 53.0 Å². The predicted molar refractivity (Wildman–Crippen MR) is 86.7 cm³/mol. The zero-order valence-electron chi connectivity index (χ0n) is 14.4. The van der Waals surface area contributed by atoms with Crippen LogP contribution in [-0.4, -0.2) is 63.5 Å². The van der Waals surface area contributed by atoms with Gasteiger partial charge in [-0.2, -0.15) is 0 Å². The second-order valence-electron chi connectivity index (χ2n) is 8.16. The first-order valence-corrected chi connectivity index (χ1v) is 8.48. The van der Waals surface area contributed by atoms with E-state index in [1.54, 1.807) is 0 Å². The molecular formula is C17H34N2O2. The van der Waals surface area contributed by atoms with Crippen molar-refractivity contribution >= 4 is 0 Å². The van der Waals surface area contributed by atoms with Crippen molar-refractivity contribution in [3.8, 4) is 0 Å². The van der Waals surface area contributed by atoms with Crippen molar-refractivity contribution in [2.45, 2.75) is 45.6 Å². The molecule has 0 aromatic rings. The summed E-state index contributed by atoms with van der Waals surface area (Å²) in [5.41, 5.74) is 0.460. The van der Waals surface area contributed by atoms with E-state index in [1.807, 2.05) is 0 Å². The van der Waals surface area contributed by atoms with Crippen molar-refractivity contribution in [3.05, 3.63) is 0 Å². The molecule has 0 saturated carbocycles. The van der Waals surface area contributed by atoms with Crippen LogP contribution >= 0.6 is 0 Å². The van der Waals surface area contributed by atoms with Crippen molar-refractivity contribution in [2.75, 3.05) is 53.1 Å². The van der Waals surface area contributed by atoms with E-state index in [0.29, 0.717) is 0 Å². The Hall–Kier alpha value is -0.160. The normalized spacial score (nSPS) is 28.4. The molecule has 2 heterocycles. The maximum atomic E-state index is 5.73. The Morgan fingerprint density at radius 2 is 1.86 bits per heavy atom. The molecule has 4 nitrogen and oxygen atoms in total. The molecule has 21 heavy (non-hydrogen) atoms. The molecule has 2 saturated heterocycles. The van der Waals surface area contributed by atoms with E-state index in [1.165, 1.54) is 25.8 Å². The van der Waals surface area contributed by atoms with E-state index in [-0.39, 0.29) is 11.0 Å². The van der Waals surface area contributed by atoms with Gasteiger partial charge in [-0.1, -0.05) is 0 Å². The van der Waals surface area contributed by atoms with Gasteiger partial charge in [0.25, 0.3) is 0 Å². The summed E-state index contributed by atoms with van der Waals surface area (Å²) in [6.07, 6.45) is 3.61. The van der Waals surface area contributed by atoms with Crippen molar-refractivity contribution < 1.29 is 9.47 Å². The fourth-order valence-corrected chi connectivity index (χ4v) is 3.43. The third kappa shape index (κ3) is 5.85. The fraction of sp³-hybridized carbons (Fsp3) is 1.00. The largest absolute Gasteiger partial charge is 0.381 e. The smallest absolute Gasteiger partial charge is 0.0547 e. The second kappa shape index (κ2) is 7.40. The number of nitrogens with zero attached hydrogens (tertiary/aromatic N) is 1. The topological polar surface area (TPSA) is 33.7 Å². The molecule has 0 bridgehead atoms. The van der Waals surface area contributed by atoms with Gasteiger partial charge in [0.2, 0.25) is 0 Å². The molecule has 0 spiro atoms. The number of nitrogens with one attached hydrogen (secondary N) is 1. The van der Waals surface area contributed by atoms with Crippen LogP contribution < -0.4 is 5.32 Å². The molecule has 2 aliphatic heterocycles.